The average molecular weight is 409 g/mol. The Balaban J connectivity index is 1.88. The van der Waals surface area contributed by atoms with Gasteiger partial charge >= 0.3 is 0 Å². The van der Waals surface area contributed by atoms with Gasteiger partial charge < -0.3 is 10.2 Å². The molecule has 0 aromatic heterocycles. The van der Waals surface area contributed by atoms with Gasteiger partial charge in [-0.1, -0.05) is 0 Å². The second kappa shape index (κ2) is 7.52. The Labute approximate surface area is 161 Å². The van der Waals surface area contributed by atoms with Crippen LogP contribution in [-0.4, -0.2) is 42.4 Å². The van der Waals surface area contributed by atoms with Gasteiger partial charge in [-0.15, -0.1) is 0 Å². The summed E-state index contributed by atoms with van der Waals surface area (Å²) >= 11 is 0. The fraction of sp³-hybridized carbons (Fsp3) is 0.368. The third-order valence-electron chi connectivity index (χ3n) is 4.65. The van der Waals surface area contributed by atoms with Crippen molar-refractivity contribution < 1.29 is 16.8 Å². The molecule has 0 bridgehead atoms. The number of nitrogens with zero attached hydrogens (tertiary/aromatic N) is 1. The molecule has 0 saturated carbocycles. The molecule has 2 aromatic carbocycles. The van der Waals surface area contributed by atoms with E-state index < -0.39 is 19.7 Å². The molecule has 8 heteroatoms. The van der Waals surface area contributed by atoms with Crippen LogP contribution < -0.4 is 10.2 Å². The molecule has 0 atom stereocenters. The van der Waals surface area contributed by atoms with Crippen LogP contribution in [0.1, 0.15) is 19.3 Å². The van der Waals surface area contributed by atoms with Gasteiger partial charge in [0.2, 0.25) is 0 Å². The molecule has 0 amide bonds. The molecule has 0 unspecified atom stereocenters. The van der Waals surface area contributed by atoms with Crippen molar-refractivity contribution in [2.45, 2.75) is 29.1 Å². The first-order chi connectivity index (χ1) is 12.6. The van der Waals surface area contributed by atoms with Gasteiger partial charge in [0.25, 0.3) is 0 Å². The van der Waals surface area contributed by atoms with Crippen LogP contribution in [0, 0.1) is 0 Å². The molecular weight excluding hydrogens is 384 g/mol. The summed E-state index contributed by atoms with van der Waals surface area (Å²) in [5, 5.41) is 3.10. The zero-order valence-corrected chi connectivity index (χ0v) is 17.1. The number of anilines is 3. The van der Waals surface area contributed by atoms with Gasteiger partial charge in [0.15, 0.2) is 19.7 Å². The molecular formula is C19H24N2O4S2. The second-order valence-corrected chi connectivity index (χ2v) is 10.9. The van der Waals surface area contributed by atoms with E-state index in [1.165, 1.54) is 37.5 Å². The Bertz CT molecular complexity index is 1020. The summed E-state index contributed by atoms with van der Waals surface area (Å²) in [6.45, 7) is 2.11. The van der Waals surface area contributed by atoms with Gasteiger partial charge in [0, 0.05) is 37.0 Å². The van der Waals surface area contributed by atoms with Crippen molar-refractivity contribution in [2.75, 3.05) is 35.8 Å². The average Bonchev–Trinajstić information content (AvgIpc) is 2.61. The molecule has 1 N–H and O–H groups in total. The maximum Gasteiger partial charge on any atom is 0.177 e. The Morgan fingerprint density at radius 2 is 1.44 bits per heavy atom. The monoisotopic (exact) mass is 408 g/mol. The number of nitrogens with one attached hydrogen (secondary N) is 1. The van der Waals surface area contributed by atoms with E-state index in [4.69, 9.17) is 0 Å². The molecule has 1 aliphatic heterocycles. The number of sulfone groups is 2. The van der Waals surface area contributed by atoms with Crippen molar-refractivity contribution in [1.82, 2.24) is 0 Å². The minimum absolute atomic E-state index is 0.0195. The first-order valence-corrected chi connectivity index (χ1v) is 12.6. The fourth-order valence-electron chi connectivity index (χ4n) is 3.21. The summed E-state index contributed by atoms with van der Waals surface area (Å²) < 4.78 is 47.8. The van der Waals surface area contributed by atoms with Gasteiger partial charge in [0.1, 0.15) is 0 Å². The zero-order valence-electron chi connectivity index (χ0n) is 15.5. The van der Waals surface area contributed by atoms with Crippen molar-refractivity contribution in [3.05, 3.63) is 42.5 Å². The molecule has 0 radical (unpaired) electrons. The number of piperidine rings is 1. The topological polar surface area (TPSA) is 83.6 Å². The van der Waals surface area contributed by atoms with Crippen LogP contribution in [0.25, 0.3) is 0 Å². The highest BCUT2D eigenvalue weighted by Crippen LogP contribution is 2.29. The van der Waals surface area contributed by atoms with Gasteiger partial charge in [-0.3, -0.25) is 0 Å². The minimum Gasteiger partial charge on any atom is -0.372 e. The highest BCUT2D eigenvalue weighted by molar-refractivity contribution is 7.91. The van der Waals surface area contributed by atoms with Crippen molar-refractivity contribution in [3.8, 4) is 0 Å². The number of benzene rings is 2. The van der Waals surface area contributed by atoms with Gasteiger partial charge in [0.05, 0.1) is 15.5 Å². The van der Waals surface area contributed by atoms with Crippen molar-refractivity contribution in [3.63, 3.8) is 0 Å². The molecule has 1 aliphatic rings. The molecule has 0 aliphatic carbocycles. The summed E-state index contributed by atoms with van der Waals surface area (Å²) in [5.41, 5.74) is 2.25. The predicted molar refractivity (Wildman–Crippen MR) is 108 cm³/mol. The lowest BCUT2D eigenvalue weighted by Gasteiger charge is -2.28. The standard InChI is InChI=1S/C19H24N2O4S2/c1-26(22,23)17-10-11-18(19(14-17)27(2,24)25)20-15-6-8-16(9-7-15)21-12-4-3-5-13-21/h6-11,14,20H,3-5,12-13H2,1-2H3. The third-order valence-corrected chi connectivity index (χ3v) is 6.90. The first-order valence-electron chi connectivity index (χ1n) is 8.81. The lowest BCUT2D eigenvalue weighted by atomic mass is 10.1. The van der Waals surface area contributed by atoms with Gasteiger partial charge in [-0.2, -0.15) is 0 Å². The molecule has 27 heavy (non-hydrogen) atoms. The Kier molecular flexibility index (Phi) is 5.48. The van der Waals surface area contributed by atoms with E-state index in [-0.39, 0.29) is 9.79 Å². The van der Waals surface area contributed by atoms with Crippen molar-refractivity contribution in [2.24, 2.45) is 0 Å². The van der Waals surface area contributed by atoms with E-state index >= 15 is 0 Å². The van der Waals surface area contributed by atoms with E-state index in [1.807, 2.05) is 24.3 Å². The highest BCUT2D eigenvalue weighted by Gasteiger charge is 2.18. The van der Waals surface area contributed by atoms with Crippen molar-refractivity contribution >= 4 is 36.7 Å². The molecule has 6 nitrogen and oxygen atoms in total. The summed E-state index contributed by atoms with van der Waals surface area (Å²) in [6, 6.07) is 11.9. The number of hydrogen-bond acceptors (Lipinski definition) is 6. The maximum absolute atomic E-state index is 12.1. The summed E-state index contributed by atoms with van der Waals surface area (Å²) in [4.78, 5) is 2.29. The first kappa shape index (κ1) is 19.7. The third kappa shape index (κ3) is 4.81. The van der Waals surface area contributed by atoms with E-state index in [1.54, 1.807) is 0 Å². The Morgan fingerprint density at radius 1 is 0.815 bits per heavy atom. The minimum atomic E-state index is -3.60. The van der Waals surface area contributed by atoms with Crippen LogP contribution in [0.4, 0.5) is 17.1 Å². The number of rotatable bonds is 5. The van der Waals surface area contributed by atoms with Crippen LogP contribution in [0.15, 0.2) is 52.3 Å². The van der Waals surface area contributed by atoms with Crippen LogP contribution in [-0.2, 0) is 19.7 Å². The molecule has 146 valence electrons. The highest BCUT2D eigenvalue weighted by atomic mass is 32.2. The second-order valence-electron chi connectivity index (χ2n) is 6.92. The molecule has 3 rings (SSSR count). The summed E-state index contributed by atoms with van der Waals surface area (Å²) in [7, 11) is -7.09. The number of hydrogen-bond donors (Lipinski definition) is 1. The Morgan fingerprint density at radius 3 is 2.00 bits per heavy atom. The van der Waals surface area contributed by atoms with Crippen LogP contribution in [0.3, 0.4) is 0 Å². The van der Waals surface area contributed by atoms with E-state index in [2.05, 4.69) is 10.2 Å². The predicted octanol–water partition coefficient (Wildman–Crippen LogP) is 3.23. The fourth-order valence-corrected chi connectivity index (χ4v) is 4.79. The molecule has 1 heterocycles. The van der Waals surface area contributed by atoms with E-state index in [9.17, 15) is 16.8 Å². The molecule has 1 fully saturated rings. The zero-order chi connectivity index (χ0) is 19.7. The molecule has 1 saturated heterocycles. The van der Waals surface area contributed by atoms with E-state index in [0.717, 1.165) is 37.0 Å². The molecule has 2 aromatic rings. The lowest BCUT2D eigenvalue weighted by Crippen LogP contribution is -2.29. The van der Waals surface area contributed by atoms with Crippen LogP contribution in [0.2, 0.25) is 0 Å². The lowest BCUT2D eigenvalue weighted by molar-refractivity contribution is 0.578. The Hall–Kier alpha value is -2.06. The molecule has 0 spiro atoms. The smallest absolute Gasteiger partial charge is 0.177 e. The SMILES string of the molecule is CS(=O)(=O)c1ccc(Nc2ccc(N3CCCCC3)cc2)c(S(C)(=O)=O)c1. The van der Waals surface area contributed by atoms with Crippen LogP contribution >= 0.6 is 0 Å². The van der Waals surface area contributed by atoms with E-state index in [0.29, 0.717) is 5.69 Å². The van der Waals surface area contributed by atoms with Crippen LogP contribution in [0.5, 0.6) is 0 Å². The maximum atomic E-state index is 12.1. The normalized spacial score (nSPS) is 15.6. The summed E-state index contributed by atoms with van der Waals surface area (Å²) in [6.07, 6.45) is 5.79. The van der Waals surface area contributed by atoms with Gasteiger partial charge in [-0.25, -0.2) is 16.8 Å². The summed E-state index contributed by atoms with van der Waals surface area (Å²) in [5.74, 6) is 0. The van der Waals surface area contributed by atoms with Gasteiger partial charge in [-0.05, 0) is 61.7 Å². The largest absolute Gasteiger partial charge is 0.372 e. The van der Waals surface area contributed by atoms with Crippen molar-refractivity contribution in [1.29, 1.82) is 0 Å². The quantitative estimate of drug-likeness (QED) is 0.818.